The van der Waals surface area contributed by atoms with Crippen LogP contribution < -0.4 is 10.6 Å². The number of rotatable bonds is 6. The number of carbonyl (C=O) groups is 3. The second-order valence-electron chi connectivity index (χ2n) is 11.5. The Bertz CT molecular complexity index is 1050. The first-order valence-electron chi connectivity index (χ1n) is 13.4. The number of hydrogen-bond acceptors (Lipinski definition) is 4. The zero-order valence-electron chi connectivity index (χ0n) is 22.6. The highest BCUT2D eigenvalue weighted by atomic mass is 16.6. The molecule has 1 aromatic heterocycles. The first kappa shape index (κ1) is 27.8. The fraction of sp³-hybridized carbons (Fsp3) is 0.621. The van der Waals surface area contributed by atoms with Crippen LogP contribution in [0.4, 0.5) is 0 Å². The average Bonchev–Trinajstić information content (AvgIpc) is 3.13. The van der Waals surface area contributed by atoms with E-state index in [4.69, 9.17) is 4.74 Å². The van der Waals surface area contributed by atoms with E-state index in [1.807, 2.05) is 46.8 Å². The second kappa shape index (κ2) is 12.4. The van der Waals surface area contributed by atoms with Crippen LogP contribution >= 0.6 is 0 Å². The van der Waals surface area contributed by atoms with Crippen LogP contribution in [-0.4, -0.2) is 40.5 Å². The summed E-state index contributed by atoms with van der Waals surface area (Å²) in [7, 11) is 0. The summed E-state index contributed by atoms with van der Waals surface area (Å²) in [5, 5.41) is 7.14. The molecule has 0 spiro atoms. The summed E-state index contributed by atoms with van der Waals surface area (Å²) in [6.07, 6.45) is 7.22. The minimum absolute atomic E-state index is 0.00503. The molecule has 1 aromatic carbocycles. The van der Waals surface area contributed by atoms with E-state index in [1.165, 1.54) is 0 Å². The summed E-state index contributed by atoms with van der Waals surface area (Å²) in [5.74, 6) is -1.19. The van der Waals surface area contributed by atoms with E-state index in [0.717, 1.165) is 48.7 Å². The Morgan fingerprint density at radius 2 is 1.86 bits per heavy atom. The van der Waals surface area contributed by atoms with Gasteiger partial charge < -0.3 is 19.9 Å². The van der Waals surface area contributed by atoms with Crippen molar-refractivity contribution in [2.45, 2.75) is 97.8 Å². The lowest BCUT2D eigenvalue weighted by Crippen LogP contribution is -2.50. The molecule has 3 rings (SSSR count). The van der Waals surface area contributed by atoms with E-state index in [9.17, 15) is 14.4 Å². The van der Waals surface area contributed by atoms with Crippen LogP contribution in [0.5, 0.6) is 0 Å². The fourth-order valence-corrected chi connectivity index (χ4v) is 4.92. The minimum Gasteiger partial charge on any atom is -0.460 e. The Balaban J connectivity index is 1.85. The van der Waals surface area contributed by atoms with Gasteiger partial charge in [-0.25, -0.2) is 0 Å². The first-order chi connectivity index (χ1) is 17.0. The molecule has 1 aliphatic rings. The van der Waals surface area contributed by atoms with Gasteiger partial charge in [-0.3, -0.25) is 14.4 Å². The number of esters is 1. The van der Waals surface area contributed by atoms with Crippen molar-refractivity contribution in [1.82, 2.24) is 15.2 Å². The third-order valence-corrected chi connectivity index (χ3v) is 6.51. The Labute approximate surface area is 215 Å². The molecular weight excluding hydrogens is 454 g/mol. The van der Waals surface area contributed by atoms with Gasteiger partial charge in [-0.05, 0) is 57.6 Å². The topological polar surface area (TPSA) is 89.4 Å². The number of benzene rings is 1. The molecule has 0 radical (unpaired) electrons. The fourth-order valence-electron chi connectivity index (χ4n) is 4.92. The molecule has 198 valence electrons. The van der Waals surface area contributed by atoms with Crippen molar-refractivity contribution in [2.24, 2.45) is 11.8 Å². The predicted molar refractivity (Wildman–Crippen MR) is 142 cm³/mol. The molecular formula is C29H43N3O4. The largest absolute Gasteiger partial charge is 0.460 e. The van der Waals surface area contributed by atoms with E-state index in [1.54, 1.807) is 0 Å². The van der Waals surface area contributed by atoms with Crippen molar-refractivity contribution in [2.75, 3.05) is 6.54 Å². The maximum absolute atomic E-state index is 13.4. The van der Waals surface area contributed by atoms with Gasteiger partial charge >= 0.3 is 5.97 Å². The number of nitrogens with one attached hydrogen (secondary N) is 2. The zero-order valence-corrected chi connectivity index (χ0v) is 22.6. The van der Waals surface area contributed by atoms with Gasteiger partial charge in [0.2, 0.25) is 11.8 Å². The van der Waals surface area contributed by atoms with Crippen molar-refractivity contribution in [3.05, 3.63) is 36.0 Å². The normalized spacial score (nSPS) is 18.5. The smallest absolute Gasteiger partial charge is 0.307 e. The van der Waals surface area contributed by atoms with E-state index < -0.39 is 23.5 Å². The van der Waals surface area contributed by atoms with Crippen LogP contribution in [0.1, 0.15) is 78.7 Å². The average molecular weight is 498 g/mol. The molecule has 2 atom stereocenters. The number of ether oxygens (including phenoxy) is 1. The minimum atomic E-state index is -0.717. The molecule has 2 bridgehead atoms. The lowest BCUT2D eigenvalue weighted by atomic mass is 9.92. The molecule has 0 saturated carbocycles. The van der Waals surface area contributed by atoms with Gasteiger partial charge in [0.25, 0.3) is 0 Å². The third-order valence-electron chi connectivity index (χ3n) is 6.51. The molecule has 7 nitrogen and oxygen atoms in total. The monoisotopic (exact) mass is 497 g/mol. The molecule has 36 heavy (non-hydrogen) atoms. The molecule has 2 heterocycles. The van der Waals surface area contributed by atoms with Crippen LogP contribution in [0.25, 0.3) is 10.9 Å². The second-order valence-corrected chi connectivity index (χ2v) is 11.5. The SMILES string of the molecule is CC(C)C[C@H](CC(=O)OC(C)(C)C)C(=O)NC1Cc2cn(c3ccccc23)CCCCCCNC1=O. The van der Waals surface area contributed by atoms with Crippen LogP contribution in [0.15, 0.2) is 30.5 Å². The Morgan fingerprint density at radius 1 is 1.14 bits per heavy atom. The van der Waals surface area contributed by atoms with Crippen molar-refractivity contribution in [3.63, 3.8) is 0 Å². The highest BCUT2D eigenvalue weighted by Gasteiger charge is 2.30. The van der Waals surface area contributed by atoms with Gasteiger partial charge in [0.15, 0.2) is 0 Å². The number of hydrogen-bond donors (Lipinski definition) is 2. The summed E-state index contributed by atoms with van der Waals surface area (Å²) in [6, 6.07) is 7.51. The first-order valence-corrected chi connectivity index (χ1v) is 13.4. The number of amides is 2. The quantitative estimate of drug-likeness (QED) is 0.564. The zero-order chi connectivity index (χ0) is 26.3. The summed E-state index contributed by atoms with van der Waals surface area (Å²) in [6.45, 7) is 11.0. The molecule has 0 aliphatic carbocycles. The number of aryl methyl sites for hydroxylation is 1. The highest BCUT2D eigenvalue weighted by molar-refractivity contribution is 5.91. The summed E-state index contributed by atoms with van der Waals surface area (Å²) in [4.78, 5) is 39.2. The Morgan fingerprint density at radius 3 is 2.58 bits per heavy atom. The van der Waals surface area contributed by atoms with Crippen LogP contribution in [0, 0.1) is 11.8 Å². The molecule has 2 aromatic rings. The van der Waals surface area contributed by atoms with Gasteiger partial charge in [-0.1, -0.05) is 44.9 Å². The molecule has 2 N–H and O–H groups in total. The van der Waals surface area contributed by atoms with Gasteiger partial charge in [0, 0.05) is 42.5 Å². The molecule has 2 amide bonds. The maximum atomic E-state index is 13.4. The molecule has 0 fully saturated rings. The number of aromatic nitrogens is 1. The van der Waals surface area contributed by atoms with Gasteiger partial charge in [0.1, 0.15) is 11.6 Å². The third kappa shape index (κ3) is 8.10. The van der Waals surface area contributed by atoms with Crippen molar-refractivity contribution in [1.29, 1.82) is 0 Å². The summed E-state index contributed by atoms with van der Waals surface area (Å²) >= 11 is 0. The Kier molecular flexibility index (Phi) is 9.57. The van der Waals surface area contributed by atoms with E-state index >= 15 is 0 Å². The van der Waals surface area contributed by atoms with Crippen molar-refractivity contribution < 1.29 is 19.1 Å². The van der Waals surface area contributed by atoms with Gasteiger partial charge in [-0.15, -0.1) is 0 Å². The van der Waals surface area contributed by atoms with Crippen molar-refractivity contribution >= 4 is 28.7 Å². The number of nitrogens with zero attached hydrogens (tertiary/aromatic N) is 1. The lowest BCUT2D eigenvalue weighted by Gasteiger charge is -2.25. The summed E-state index contributed by atoms with van der Waals surface area (Å²) < 4.78 is 7.75. The number of fused-ring (bicyclic) bond motifs is 5. The van der Waals surface area contributed by atoms with Crippen molar-refractivity contribution in [3.8, 4) is 0 Å². The van der Waals surface area contributed by atoms with Crippen LogP contribution in [0.3, 0.4) is 0 Å². The standard InChI is InChI=1S/C29H43N3O4/c1-20(2)16-21(18-26(33)36-29(3,4)5)27(34)31-24-17-22-19-32(25-13-9-8-12-23(22)25)15-11-7-6-10-14-30-28(24)35/h8-9,12-13,19-21,24H,6-7,10-11,14-18H2,1-5H3,(H,30,35)(H,31,34)/t21-,24?/m1/s1. The molecule has 1 aliphatic heterocycles. The van der Waals surface area contributed by atoms with Crippen LogP contribution in [0.2, 0.25) is 0 Å². The molecule has 1 unspecified atom stereocenters. The van der Waals surface area contributed by atoms with Crippen LogP contribution in [-0.2, 0) is 32.1 Å². The van der Waals surface area contributed by atoms with E-state index in [-0.39, 0.29) is 24.2 Å². The molecule has 7 heteroatoms. The van der Waals surface area contributed by atoms with Gasteiger partial charge in [0.05, 0.1) is 6.42 Å². The number of para-hydroxylation sites is 1. The molecule has 0 saturated heterocycles. The summed E-state index contributed by atoms with van der Waals surface area (Å²) in [5.41, 5.74) is 1.58. The Hall–Kier alpha value is -2.83. The van der Waals surface area contributed by atoms with Gasteiger partial charge in [-0.2, -0.15) is 0 Å². The lowest BCUT2D eigenvalue weighted by molar-refractivity contribution is -0.157. The van der Waals surface area contributed by atoms with E-state index in [0.29, 0.717) is 19.4 Å². The maximum Gasteiger partial charge on any atom is 0.307 e. The van der Waals surface area contributed by atoms with E-state index in [2.05, 4.69) is 33.5 Å². The predicted octanol–water partition coefficient (Wildman–Crippen LogP) is 4.75. The number of carbonyl (C=O) groups excluding carboxylic acids is 3. The highest BCUT2D eigenvalue weighted by Crippen LogP contribution is 2.25.